The molecule has 156 valence electrons. The van der Waals surface area contributed by atoms with Gasteiger partial charge >= 0.3 is 0 Å². The first-order valence-electron chi connectivity index (χ1n) is 10.2. The first-order valence-corrected chi connectivity index (χ1v) is 10.2. The molecule has 4 rings (SSSR count). The quantitative estimate of drug-likeness (QED) is 0.371. The van der Waals surface area contributed by atoms with Crippen LogP contribution in [0.15, 0.2) is 84.0 Å². The third-order valence-electron chi connectivity index (χ3n) is 5.05. The number of rotatable bonds is 7. The van der Waals surface area contributed by atoms with Crippen molar-refractivity contribution in [1.29, 1.82) is 0 Å². The van der Waals surface area contributed by atoms with Gasteiger partial charge < -0.3 is 9.47 Å². The van der Waals surface area contributed by atoms with Gasteiger partial charge in [0.15, 0.2) is 0 Å². The number of anilines is 1. The molecule has 3 aromatic carbocycles. The van der Waals surface area contributed by atoms with E-state index in [1.54, 1.807) is 6.21 Å². The highest BCUT2D eigenvalue weighted by Gasteiger charge is 2.13. The summed E-state index contributed by atoms with van der Waals surface area (Å²) in [4.78, 5) is 19.4. The minimum atomic E-state index is -0.196. The van der Waals surface area contributed by atoms with Crippen LogP contribution >= 0.6 is 0 Å². The molecular formula is C25H25N5O. The van der Waals surface area contributed by atoms with Gasteiger partial charge in [-0.1, -0.05) is 54.6 Å². The molecule has 6 nitrogen and oxygen atoms in total. The van der Waals surface area contributed by atoms with Crippen LogP contribution in [0.3, 0.4) is 0 Å². The summed E-state index contributed by atoms with van der Waals surface area (Å²) in [5.74, 6) is 0.657. The van der Waals surface area contributed by atoms with Gasteiger partial charge in [0.25, 0.3) is 5.91 Å². The minimum absolute atomic E-state index is 0.152. The maximum absolute atomic E-state index is 12.6. The van der Waals surface area contributed by atoms with E-state index in [4.69, 9.17) is 4.98 Å². The third-order valence-corrected chi connectivity index (χ3v) is 5.05. The van der Waals surface area contributed by atoms with E-state index in [9.17, 15) is 4.79 Å². The van der Waals surface area contributed by atoms with E-state index in [0.29, 0.717) is 6.42 Å². The molecule has 0 saturated heterocycles. The van der Waals surface area contributed by atoms with Crippen LogP contribution in [0.1, 0.15) is 17.0 Å². The molecule has 4 aromatic rings. The monoisotopic (exact) mass is 411 g/mol. The van der Waals surface area contributed by atoms with E-state index in [1.807, 2.05) is 90.3 Å². The van der Waals surface area contributed by atoms with Gasteiger partial charge in [-0.05, 0) is 35.4 Å². The van der Waals surface area contributed by atoms with Crippen LogP contribution in [0.2, 0.25) is 0 Å². The zero-order chi connectivity index (χ0) is 21.6. The number of nitrogens with one attached hydrogen (secondary N) is 1. The van der Waals surface area contributed by atoms with Crippen molar-refractivity contribution in [3.63, 3.8) is 0 Å². The fourth-order valence-corrected chi connectivity index (χ4v) is 3.43. The highest BCUT2D eigenvalue weighted by atomic mass is 16.2. The zero-order valence-corrected chi connectivity index (χ0v) is 17.7. The lowest BCUT2D eigenvalue weighted by Gasteiger charge is -2.11. The highest BCUT2D eigenvalue weighted by Crippen LogP contribution is 2.18. The Morgan fingerprint density at radius 2 is 1.71 bits per heavy atom. The van der Waals surface area contributed by atoms with Gasteiger partial charge in [-0.15, -0.1) is 0 Å². The lowest BCUT2D eigenvalue weighted by molar-refractivity contribution is -0.121. The number of amides is 1. The van der Waals surface area contributed by atoms with Gasteiger partial charge in [0, 0.05) is 26.2 Å². The number of carbonyl (C=O) groups is 1. The second kappa shape index (κ2) is 9.26. The highest BCUT2D eigenvalue weighted by molar-refractivity contribution is 5.84. The lowest BCUT2D eigenvalue weighted by Crippen LogP contribution is -2.24. The molecule has 1 aromatic heterocycles. The molecule has 1 heterocycles. The third kappa shape index (κ3) is 4.98. The Bertz CT molecular complexity index is 1190. The number of nitrogens with zero attached hydrogens (tertiary/aromatic N) is 4. The van der Waals surface area contributed by atoms with E-state index < -0.39 is 0 Å². The van der Waals surface area contributed by atoms with E-state index in [-0.39, 0.29) is 12.5 Å². The molecule has 0 unspecified atom stereocenters. The SMILES string of the molecule is CN(C)c1ccc(/C=N/NC(=O)Cn2c(Cc3ccccc3)nc3ccccc32)cc1. The first kappa shape index (κ1) is 20.3. The molecule has 6 heteroatoms. The van der Waals surface area contributed by atoms with Gasteiger partial charge in [0.1, 0.15) is 12.4 Å². The fraction of sp³-hybridized carbons (Fsp3) is 0.160. The molecule has 0 bridgehead atoms. The minimum Gasteiger partial charge on any atom is -0.378 e. The van der Waals surface area contributed by atoms with E-state index in [0.717, 1.165) is 33.7 Å². The van der Waals surface area contributed by atoms with Crippen LogP contribution in [0.4, 0.5) is 5.69 Å². The standard InChI is InChI=1S/C25H25N5O/c1-29(2)21-14-12-20(13-15-21)17-26-28-25(31)18-30-23-11-7-6-10-22(23)27-24(30)16-19-8-4-3-5-9-19/h3-15,17H,16,18H2,1-2H3,(H,28,31)/b26-17+. The summed E-state index contributed by atoms with van der Waals surface area (Å²) >= 11 is 0. The molecule has 0 saturated carbocycles. The van der Waals surface area contributed by atoms with Crippen molar-refractivity contribution >= 4 is 28.8 Å². The number of imidazole rings is 1. The van der Waals surface area contributed by atoms with Gasteiger partial charge in [0.05, 0.1) is 17.2 Å². The summed E-state index contributed by atoms with van der Waals surface area (Å²) in [6.45, 7) is 0.152. The molecule has 0 aliphatic heterocycles. The summed E-state index contributed by atoms with van der Waals surface area (Å²) in [5, 5.41) is 4.12. The smallest absolute Gasteiger partial charge is 0.260 e. The largest absolute Gasteiger partial charge is 0.378 e. The number of hydrazone groups is 1. The summed E-state index contributed by atoms with van der Waals surface area (Å²) in [7, 11) is 3.99. The van der Waals surface area contributed by atoms with Crippen molar-refractivity contribution in [2.75, 3.05) is 19.0 Å². The fourth-order valence-electron chi connectivity index (χ4n) is 3.43. The Kier molecular flexibility index (Phi) is 6.08. The van der Waals surface area contributed by atoms with E-state index in [1.165, 1.54) is 0 Å². The second-order valence-electron chi connectivity index (χ2n) is 7.54. The van der Waals surface area contributed by atoms with E-state index >= 15 is 0 Å². The topological polar surface area (TPSA) is 62.5 Å². The number of para-hydroxylation sites is 2. The van der Waals surface area contributed by atoms with Gasteiger partial charge in [0.2, 0.25) is 0 Å². The molecule has 1 N–H and O–H groups in total. The van der Waals surface area contributed by atoms with Crippen molar-refractivity contribution in [2.45, 2.75) is 13.0 Å². The zero-order valence-electron chi connectivity index (χ0n) is 17.7. The van der Waals surface area contributed by atoms with Crippen molar-refractivity contribution in [3.8, 4) is 0 Å². The van der Waals surface area contributed by atoms with Crippen LogP contribution in [-0.2, 0) is 17.8 Å². The number of fused-ring (bicyclic) bond motifs is 1. The predicted octanol–water partition coefficient (Wildman–Crippen LogP) is 3.84. The summed E-state index contributed by atoms with van der Waals surface area (Å²) in [6, 6.07) is 26.0. The van der Waals surface area contributed by atoms with Gasteiger partial charge in [-0.3, -0.25) is 4.79 Å². The summed E-state index contributed by atoms with van der Waals surface area (Å²) in [6.07, 6.45) is 2.30. The number of benzene rings is 3. The van der Waals surface area contributed by atoms with Crippen molar-refractivity contribution in [1.82, 2.24) is 15.0 Å². The predicted molar refractivity (Wildman–Crippen MR) is 125 cm³/mol. The van der Waals surface area contributed by atoms with Crippen molar-refractivity contribution < 1.29 is 4.79 Å². The number of carbonyl (C=O) groups excluding carboxylic acids is 1. The number of aromatic nitrogens is 2. The molecule has 0 aliphatic rings. The van der Waals surface area contributed by atoms with Crippen LogP contribution in [0, 0.1) is 0 Å². The van der Waals surface area contributed by atoms with Crippen LogP contribution in [0.5, 0.6) is 0 Å². The maximum Gasteiger partial charge on any atom is 0.260 e. The first-order chi connectivity index (χ1) is 15.1. The van der Waals surface area contributed by atoms with Gasteiger partial charge in [-0.25, -0.2) is 10.4 Å². The normalized spacial score (nSPS) is 11.2. The number of hydrogen-bond donors (Lipinski definition) is 1. The molecule has 0 aliphatic carbocycles. The average Bonchev–Trinajstić information content (AvgIpc) is 3.11. The van der Waals surface area contributed by atoms with E-state index in [2.05, 4.69) is 22.7 Å². The second-order valence-corrected chi connectivity index (χ2v) is 7.54. The van der Waals surface area contributed by atoms with Crippen LogP contribution < -0.4 is 10.3 Å². The van der Waals surface area contributed by atoms with Crippen molar-refractivity contribution in [2.24, 2.45) is 5.10 Å². The molecule has 31 heavy (non-hydrogen) atoms. The Labute approximate surface area is 181 Å². The summed E-state index contributed by atoms with van der Waals surface area (Å²) < 4.78 is 1.96. The van der Waals surface area contributed by atoms with Gasteiger partial charge in [-0.2, -0.15) is 5.10 Å². The molecule has 0 spiro atoms. The summed E-state index contributed by atoms with van der Waals surface area (Å²) in [5.41, 5.74) is 7.63. The maximum atomic E-state index is 12.6. The number of hydrogen-bond acceptors (Lipinski definition) is 4. The molecule has 0 radical (unpaired) electrons. The Balaban J connectivity index is 1.48. The molecule has 0 fully saturated rings. The van der Waals surface area contributed by atoms with Crippen LogP contribution in [0.25, 0.3) is 11.0 Å². The average molecular weight is 412 g/mol. The molecule has 1 amide bonds. The van der Waals surface area contributed by atoms with Crippen molar-refractivity contribution in [3.05, 3.63) is 95.8 Å². The van der Waals surface area contributed by atoms with Crippen LogP contribution in [-0.4, -0.2) is 35.8 Å². The lowest BCUT2D eigenvalue weighted by atomic mass is 10.1. The Morgan fingerprint density at radius 1 is 1.00 bits per heavy atom. The Morgan fingerprint density at radius 3 is 2.45 bits per heavy atom. The Hall–Kier alpha value is -3.93. The molecular weight excluding hydrogens is 386 g/mol. The molecule has 0 atom stereocenters.